The van der Waals surface area contributed by atoms with Crippen LogP contribution in [-0.2, 0) is 12.8 Å². The van der Waals surface area contributed by atoms with Crippen LogP contribution in [0.3, 0.4) is 0 Å². The van der Waals surface area contributed by atoms with Gasteiger partial charge in [-0.15, -0.1) is 10.2 Å². The van der Waals surface area contributed by atoms with Gasteiger partial charge in [0.2, 0.25) is 0 Å². The van der Waals surface area contributed by atoms with E-state index in [-0.39, 0.29) is 0 Å². The van der Waals surface area contributed by atoms with E-state index in [1.807, 2.05) is 23.7 Å². The maximum absolute atomic E-state index is 4.59. The van der Waals surface area contributed by atoms with Crippen molar-refractivity contribution in [2.45, 2.75) is 26.7 Å². The van der Waals surface area contributed by atoms with E-state index in [1.165, 1.54) is 0 Å². The predicted octanol–water partition coefficient (Wildman–Crippen LogP) is 1.08. The summed E-state index contributed by atoms with van der Waals surface area (Å²) in [7, 11) is 1.93. The van der Waals surface area contributed by atoms with E-state index in [0.717, 1.165) is 36.6 Å². The number of hydrogen-bond donors (Lipinski definition) is 1. The minimum atomic E-state index is 0.609. The van der Waals surface area contributed by atoms with E-state index < -0.39 is 0 Å². The summed E-state index contributed by atoms with van der Waals surface area (Å²) in [5.41, 5.74) is 1.92. The van der Waals surface area contributed by atoms with Gasteiger partial charge in [-0.1, -0.05) is 13.8 Å². The molecule has 2 aromatic rings. The molecule has 0 aliphatic carbocycles. The van der Waals surface area contributed by atoms with Crippen LogP contribution >= 0.6 is 0 Å². The van der Waals surface area contributed by atoms with Crippen molar-refractivity contribution >= 4 is 5.65 Å². The quantitative estimate of drug-likeness (QED) is 0.839. The molecule has 2 aromatic heterocycles. The molecule has 0 amide bonds. The van der Waals surface area contributed by atoms with E-state index >= 15 is 0 Å². The number of nitrogens with one attached hydrogen (secondary N) is 1. The van der Waals surface area contributed by atoms with Crippen molar-refractivity contribution in [3.8, 4) is 0 Å². The number of fused-ring (bicyclic) bond motifs is 1. The molecule has 5 heteroatoms. The molecule has 2 rings (SSSR count). The molecule has 0 atom stereocenters. The van der Waals surface area contributed by atoms with Gasteiger partial charge in [-0.2, -0.15) is 9.61 Å². The third-order valence-corrected chi connectivity index (χ3v) is 2.60. The molecule has 0 aliphatic rings. The van der Waals surface area contributed by atoms with Gasteiger partial charge in [-0.3, -0.25) is 0 Å². The molecule has 0 fully saturated rings. The van der Waals surface area contributed by atoms with Crippen LogP contribution in [-0.4, -0.2) is 33.4 Å². The van der Waals surface area contributed by atoms with Gasteiger partial charge in [-0.05, 0) is 31.5 Å². The SMILES string of the molecule is CNCCc1nnc2ccc(CC(C)C)nn12. The number of aromatic nitrogens is 4. The smallest absolute Gasteiger partial charge is 0.177 e. The van der Waals surface area contributed by atoms with Crippen LogP contribution in [0, 0.1) is 5.92 Å². The summed E-state index contributed by atoms with van der Waals surface area (Å²) in [4.78, 5) is 0. The zero-order chi connectivity index (χ0) is 12.3. The van der Waals surface area contributed by atoms with E-state index in [0.29, 0.717) is 5.92 Å². The lowest BCUT2D eigenvalue weighted by atomic mass is 10.1. The van der Waals surface area contributed by atoms with Crippen LogP contribution in [0.2, 0.25) is 0 Å². The molecule has 2 heterocycles. The summed E-state index contributed by atoms with van der Waals surface area (Å²) >= 11 is 0. The number of likely N-dealkylation sites (N-methyl/N-ethyl adjacent to an activating group) is 1. The molecular formula is C12H19N5. The van der Waals surface area contributed by atoms with E-state index in [4.69, 9.17) is 0 Å². The van der Waals surface area contributed by atoms with Crippen molar-refractivity contribution in [2.24, 2.45) is 5.92 Å². The van der Waals surface area contributed by atoms with Gasteiger partial charge in [0.1, 0.15) is 0 Å². The van der Waals surface area contributed by atoms with Crippen LogP contribution in [0.1, 0.15) is 25.4 Å². The normalized spacial score (nSPS) is 11.5. The molecule has 5 nitrogen and oxygen atoms in total. The molecule has 0 saturated heterocycles. The van der Waals surface area contributed by atoms with Gasteiger partial charge < -0.3 is 5.32 Å². The zero-order valence-corrected chi connectivity index (χ0v) is 10.6. The molecule has 1 N–H and O–H groups in total. The van der Waals surface area contributed by atoms with Crippen molar-refractivity contribution in [2.75, 3.05) is 13.6 Å². The second-order valence-electron chi connectivity index (χ2n) is 4.66. The van der Waals surface area contributed by atoms with Crippen LogP contribution in [0.4, 0.5) is 0 Å². The minimum absolute atomic E-state index is 0.609. The Morgan fingerprint density at radius 1 is 1.29 bits per heavy atom. The summed E-state index contributed by atoms with van der Waals surface area (Å²) in [5.74, 6) is 1.53. The van der Waals surface area contributed by atoms with Gasteiger partial charge in [0.05, 0.1) is 5.69 Å². The first-order valence-corrected chi connectivity index (χ1v) is 6.05. The molecule has 0 radical (unpaired) electrons. The monoisotopic (exact) mass is 233 g/mol. The van der Waals surface area contributed by atoms with Gasteiger partial charge >= 0.3 is 0 Å². The van der Waals surface area contributed by atoms with Crippen LogP contribution in [0.15, 0.2) is 12.1 Å². The van der Waals surface area contributed by atoms with Gasteiger partial charge in [-0.25, -0.2) is 0 Å². The van der Waals surface area contributed by atoms with Crippen molar-refractivity contribution in [3.05, 3.63) is 23.7 Å². The van der Waals surface area contributed by atoms with Gasteiger partial charge in [0.15, 0.2) is 11.5 Å². The first kappa shape index (κ1) is 12.0. The van der Waals surface area contributed by atoms with Crippen LogP contribution < -0.4 is 5.32 Å². The Morgan fingerprint density at radius 2 is 2.12 bits per heavy atom. The maximum atomic E-state index is 4.59. The molecule has 92 valence electrons. The minimum Gasteiger partial charge on any atom is -0.319 e. The zero-order valence-electron chi connectivity index (χ0n) is 10.6. The fraction of sp³-hybridized carbons (Fsp3) is 0.583. The van der Waals surface area contributed by atoms with Crippen molar-refractivity contribution in [1.29, 1.82) is 0 Å². The standard InChI is InChI=1S/C12H19N5/c1-9(2)8-10-4-5-11-14-15-12(6-7-13-3)17(11)16-10/h4-5,9,13H,6-8H2,1-3H3. The Balaban J connectivity index is 2.29. The first-order chi connectivity index (χ1) is 8.20. The molecule has 17 heavy (non-hydrogen) atoms. The fourth-order valence-corrected chi connectivity index (χ4v) is 1.79. The Labute approximate surface area is 101 Å². The third-order valence-electron chi connectivity index (χ3n) is 2.60. The van der Waals surface area contributed by atoms with E-state index in [2.05, 4.69) is 34.5 Å². The highest BCUT2D eigenvalue weighted by Gasteiger charge is 2.07. The summed E-state index contributed by atoms with van der Waals surface area (Å²) in [5, 5.41) is 16.0. The molecule has 0 saturated carbocycles. The molecule has 0 aliphatic heterocycles. The van der Waals surface area contributed by atoms with Crippen molar-refractivity contribution < 1.29 is 0 Å². The molecule has 0 unspecified atom stereocenters. The van der Waals surface area contributed by atoms with Crippen molar-refractivity contribution in [3.63, 3.8) is 0 Å². The predicted molar refractivity (Wildman–Crippen MR) is 67.0 cm³/mol. The Hall–Kier alpha value is -1.49. The topological polar surface area (TPSA) is 55.1 Å². The summed E-state index contributed by atoms with van der Waals surface area (Å²) in [6.07, 6.45) is 1.83. The summed E-state index contributed by atoms with van der Waals surface area (Å²) < 4.78 is 1.86. The highest BCUT2D eigenvalue weighted by molar-refractivity contribution is 5.36. The van der Waals surface area contributed by atoms with Crippen LogP contribution in [0.25, 0.3) is 5.65 Å². The Bertz CT molecular complexity index is 489. The Morgan fingerprint density at radius 3 is 2.82 bits per heavy atom. The molecule has 0 aromatic carbocycles. The first-order valence-electron chi connectivity index (χ1n) is 6.05. The fourth-order valence-electron chi connectivity index (χ4n) is 1.79. The number of rotatable bonds is 5. The Kier molecular flexibility index (Phi) is 3.68. The van der Waals surface area contributed by atoms with Gasteiger partial charge in [0, 0.05) is 13.0 Å². The average Bonchev–Trinajstić information content (AvgIpc) is 2.68. The lowest BCUT2D eigenvalue weighted by Gasteiger charge is -2.05. The summed E-state index contributed by atoms with van der Waals surface area (Å²) in [6, 6.07) is 4.02. The van der Waals surface area contributed by atoms with Crippen LogP contribution in [0.5, 0.6) is 0 Å². The number of nitrogens with zero attached hydrogens (tertiary/aromatic N) is 4. The maximum Gasteiger partial charge on any atom is 0.177 e. The summed E-state index contributed by atoms with van der Waals surface area (Å²) in [6.45, 7) is 5.27. The van der Waals surface area contributed by atoms with E-state index in [1.54, 1.807) is 0 Å². The lowest BCUT2D eigenvalue weighted by molar-refractivity contribution is 0.619. The highest BCUT2D eigenvalue weighted by atomic mass is 15.4. The molecular weight excluding hydrogens is 214 g/mol. The largest absolute Gasteiger partial charge is 0.319 e. The number of hydrogen-bond acceptors (Lipinski definition) is 4. The molecule has 0 spiro atoms. The highest BCUT2D eigenvalue weighted by Crippen LogP contribution is 2.08. The van der Waals surface area contributed by atoms with E-state index in [9.17, 15) is 0 Å². The average molecular weight is 233 g/mol. The third kappa shape index (κ3) is 2.79. The second-order valence-corrected chi connectivity index (χ2v) is 4.66. The van der Waals surface area contributed by atoms with Gasteiger partial charge in [0.25, 0.3) is 0 Å². The lowest BCUT2D eigenvalue weighted by Crippen LogP contribution is -2.13. The second kappa shape index (κ2) is 5.23. The van der Waals surface area contributed by atoms with Crippen molar-refractivity contribution in [1.82, 2.24) is 25.1 Å². The molecule has 0 bridgehead atoms.